The van der Waals surface area contributed by atoms with Crippen LogP contribution in [0.2, 0.25) is 0 Å². The second-order valence-corrected chi connectivity index (χ2v) is 7.73. The molecule has 2 aromatic carbocycles. The Kier molecular flexibility index (Phi) is 5.57. The van der Waals surface area contributed by atoms with Crippen molar-refractivity contribution in [2.24, 2.45) is 0 Å². The molecule has 1 unspecified atom stereocenters. The van der Waals surface area contributed by atoms with Crippen LogP contribution in [0.1, 0.15) is 29.2 Å². The second-order valence-electron chi connectivity index (χ2n) is 6.66. The van der Waals surface area contributed by atoms with Gasteiger partial charge in [-0.1, -0.05) is 54.2 Å². The fourth-order valence-corrected chi connectivity index (χ4v) is 3.78. The Bertz CT molecular complexity index is 925. The van der Waals surface area contributed by atoms with Crippen LogP contribution in [0.15, 0.2) is 59.8 Å². The van der Waals surface area contributed by atoms with Gasteiger partial charge in [-0.3, -0.25) is 4.79 Å². The van der Waals surface area contributed by atoms with Crippen molar-refractivity contribution in [1.82, 2.24) is 25.5 Å². The maximum Gasteiger partial charge on any atom is 0.238 e. The number of nitrogens with one attached hydrogen (secondary N) is 1. The average molecular weight is 395 g/mol. The van der Waals surface area contributed by atoms with Gasteiger partial charge in [-0.2, -0.15) is 0 Å². The lowest BCUT2D eigenvalue weighted by Crippen LogP contribution is -2.30. The molecule has 7 nitrogen and oxygen atoms in total. The zero-order valence-electron chi connectivity index (χ0n) is 15.5. The van der Waals surface area contributed by atoms with Crippen LogP contribution in [0.5, 0.6) is 5.75 Å². The normalized spacial score (nSPS) is 14.5. The van der Waals surface area contributed by atoms with Crippen LogP contribution < -0.4 is 10.1 Å². The summed E-state index contributed by atoms with van der Waals surface area (Å²) in [5.74, 6) is 0.800. The summed E-state index contributed by atoms with van der Waals surface area (Å²) in [6.07, 6.45) is 2.10. The summed E-state index contributed by atoms with van der Waals surface area (Å²) >= 11 is 1.37. The number of carbonyl (C=O) groups is 1. The third kappa shape index (κ3) is 4.51. The van der Waals surface area contributed by atoms with Crippen molar-refractivity contribution in [3.8, 4) is 5.75 Å². The standard InChI is InChI=1S/C20H21N5O2S/c1-27-17-11-7-14(8-12-17)13-25-20(22-23-24-25)28-18(15-5-3-2-4-6-15)19(26)21-16-9-10-16/h2-8,11-12,16,18H,9-10,13H2,1H3,(H,21,26). The van der Waals surface area contributed by atoms with Gasteiger partial charge < -0.3 is 10.1 Å². The minimum atomic E-state index is -0.401. The highest BCUT2D eigenvalue weighted by atomic mass is 32.2. The van der Waals surface area contributed by atoms with E-state index in [2.05, 4.69) is 20.8 Å². The molecule has 0 aliphatic heterocycles. The summed E-state index contributed by atoms with van der Waals surface area (Å²) in [6.45, 7) is 0.519. The first-order chi connectivity index (χ1) is 13.7. The molecule has 1 saturated carbocycles. The van der Waals surface area contributed by atoms with Crippen LogP contribution in [0.4, 0.5) is 0 Å². The summed E-state index contributed by atoms with van der Waals surface area (Å²) in [5.41, 5.74) is 1.98. The molecule has 1 aliphatic carbocycles. The lowest BCUT2D eigenvalue weighted by molar-refractivity contribution is -0.120. The number of carbonyl (C=O) groups excluding carboxylic acids is 1. The first kappa shape index (κ1) is 18.5. The number of rotatable bonds is 8. The highest BCUT2D eigenvalue weighted by molar-refractivity contribution is 8.00. The van der Waals surface area contributed by atoms with Gasteiger partial charge in [-0.15, -0.1) is 5.10 Å². The molecule has 28 heavy (non-hydrogen) atoms. The van der Waals surface area contributed by atoms with Crippen LogP contribution in [0.25, 0.3) is 0 Å². The summed E-state index contributed by atoms with van der Waals surface area (Å²) < 4.78 is 6.91. The van der Waals surface area contributed by atoms with Gasteiger partial charge in [0, 0.05) is 6.04 Å². The Morgan fingerprint density at radius 3 is 2.64 bits per heavy atom. The van der Waals surface area contributed by atoms with E-state index >= 15 is 0 Å². The first-order valence-electron chi connectivity index (χ1n) is 9.14. The molecule has 1 amide bonds. The number of hydrogen-bond donors (Lipinski definition) is 1. The summed E-state index contributed by atoms with van der Waals surface area (Å²) in [4.78, 5) is 12.8. The molecular weight excluding hydrogens is 374 g/mol. The van der Waals surface area contributed by atoms with E-state index < -0.39 is 5.25 Å². The molecule has 1 heterocycles. The third-order valence-corrected chi connectivity index (χ3v) is 5.70. The summed E-state index contributed by atoms with van der Waals surface area (Å²) in [7, 11) is 1.64. The van der Waals surface area contributed by atoms with E-state index in [-0.39, 0.29) is 5.91 Å². The maximum absolute atomic E-state index is 12.8. The lowest BCUT2D eigenvalue weighted by atomic mass is 10.1. The van der Waals surface area contributed by atoms with Crippen LogP contribution >= 0.6 is 11.8 Å². The predicted octanol–water partition coefficient (Wildman–Crippen LogP) is 2.84. The third-order valence-electron chi connectivity index (χ3n) is 4.48. The van der Waals surface area contributed by atoms with Gasteiger partial charge in [0.25, 0.3) is 0 Å². The van der Waals surface area contributed by atoms with E-state index in [4.69, 9.17) is 4.74 Å². The van der Waals surface area contributed by atoms with Crippen molar-refractivity contribution in [1.29, 1.82) is 0 Å². The van der Waals surface area contributed by atoms with Crippen molar-refractivity contribution < 1.29 is 9.53 Å². The van der Waals surface area contributed by atoms with E-state index in [0.717, 1.165) is 29.7 Å². The monoisotopic (exact) mass is 395 g/mol. The Labute approximate surface area is 167 Å². The van der Waals surface area contributed by atoms with E-state index in [9.17, 15) is 4.79 Å². The highest BCUT2D eigenvalue weighted by Crippen LogP contribution is 2.35. The number of amides is 1. The van der Waals surface area contributed by atoms with Crippen LogP contribution in [0.3, 0.4) is 0 Å². The van der Waals surface area contributed by atoms with Gasteiger partial charge in [0.2, 0.25) is 11.1 Å². The molecule has 0 spiro atoms. The SMILES string of the molecule is COc1ccc(Cn2nnnc2SC(C(=O)NC2CC2)c2ccccc2)cc1. The number of nitrogens with zero attached hydrogens (tertiary/aromatic N) is 4. The van der Waals surface area contributed by atoms with Gasteiger partial charge in [0.15, 0.2) is 0 Å². The maximum atomic E-state index is 12.8. The fourth-order valence-electron chi connectivity index (χ4n) is 2.79. The van der Waals surface area contributed by atoms with E-state index in [1.165, 1.54) is 11.8 Å². The Morgan fingerprint density at radius 2 is 1.96 bits per heavy atom. The molecule has 0 radical (unpaired) electrons. The smallest absolute Gasteiger partial charge is 0.238 e. The van der Waals surface area contributed by atoms with Crippen LogP contribution in [-0.4, -0.2) is 39.3 Å². The fraction of sp³-hybridized carbons (Fsp3) is 0.300. The minimum Gasteiger partial charge on any atom is -0.497 e. The number of thioether (sulfide) groups is 1. The number of tetrazole rings is 1. The molecule has 0 saturated heterocycles. The molecule has 1 aliphatic rings. The number of ether oxygens (including phenoxy) is 1. The van der Waals surface area contributed by atoms with Crippen molar-refractivity contribution in [2.75, 3.05) is 7.11 Å². The minimum absolute atomic E-state index is 0.00213. The molecule has 8 heteroatoms. The largest absolute Gasteiger partial charge is 0.497 e. The van der Waals surface area contributed by atoms with Crippen molar-refractivity contribution in [3.05, 3.63) is 65.7 Å². The average Bonchev–Trinajstić information content (AvgIpc) is 3.44. The molecule has 1 atom stereocenters. The molecule has 1 N–H and O–H groups in total. The van der Waals surface area contributed by atoms with E-state index in [1.807, 2.05) is 54.6 Å². The Balaban J connectivity index is 1.53. The number of methoxy groups -OCH3 is 1. The van der Waals surface area contributed by atoms with E-state index in [1.54, 1.807) is 11.8 Å². The van der Waals surface area contributed by atoms with Crippen molar-refractivity contribution in [3.63, 3.8) is 0 Å². The molecular formula is C20H21N5O2S. The van der Waals surface area contributed by atoms with Gasteiger partial charge in [0.05, 0.1) is 13.7 Å². The molecule has 1 aromatic heterocycles. The van der Waals surface area contributed by atoms with Crippen LogP contribution in [-0.2, 0) is 11.3 Å². The molecule has 4 rings (SSSR count). The van der Waals surface area contributed by atoms with Gasteiger partial charge in [-0.05, 0) is 46.5 Å². The number of benzene rings is 2. The van der Waals surface area contributed by atoms with Crippen molar-refractivity contribution >= 4 is 17.7 Å². The molecule has 0 bridgehead atoms. The zero-order chi connectivity index (χ0) is 19.3. The quantitative estimate of drug-likeness (QED) is 0.591. The summed E-state index contributed by atoms with van der Waals surface area (Å²) in [6, 6.07) is 17.8. The highest BCUT2D eigenvalue weighted by Gasteiger charge is 2.30. The van der Waals surface area contributed by atoms with Gasteiger partial charge in [0.1, 0.15) is 11.0 Å². The molecule has 1 fully saturated rings. The number of aromatic nitrogens is 4. The van der Waals surface area contributed by atoms with Crippen LogP contribution in [0, 0.1) is 0 Å². The van der Waals surface area contributed by atoms with Crippen molar-refractivity contribution in [2.45, 2.75) is 35.8 Å². The van der Waals surface area contributed by atoms with E-state index in [0.29, 0.717) is 17.7 Å². The predicted molar refractivity (Wildman–Crippen MR) is 106 cm³/mol. The first-order valence-corrected chi connectivity index (χ1v) is 10.0. The zero-order valence-corrected chi connectivity index (χ0v) is 16.3. The van der Waals surface area contributed by atoms with Gasteiger partial charge >= 0.3 is 0 Å². The number of hydrogen-bond acceptors (Lipinski definition) is 6. The van der Waals surface area contributed by atoms with Gasteiger partial charge in [-0.25, -0.2) is 4.68 Å². The summed E-state index contributed by atoms with van der Waals surface area (Å²) in [5, 5.41) is 15.4. The molecule has 144 valence electrons. The Hall–Kier alpha value is -2.87. The molecule has 3 aromatic rings. The topological polar surface area (TPSA) is 81.9 Å². The lowest BCUT2D eigenvalue weighted by Gasteiger charge is -2.16. The second kappa shape index (κ2) is 8.43. The Morgan fingerprint density at radius 1 is 1.21 bits per heavy atom.